The van der Waals surface area contributed by atoms with Crippen LogP contribution in [0.2, 0.25) is 0 Å². The van der Waals surface area contributed by atoms with Gasteiger partial charge in [0.05, 0.1) is 26.1 Å². The van der Waals surface area contributed by atoms with E-state index in [4.69, 9.17) is 9.47 Å². The second kappa shape index (κ2) is 10.5. The van der Waals surface area contributed by atoms with Crippen molar-refractivity contribution in [1.29, 1.82) is 0 Å². The molecule has 0 aromatic heterocycles. The smallest absolute Gasteiger partial charge is 0.306 e. The number of hydrogen-bond acceptors (Lipinski definition) is 4. The molecule has 0 aliphatic heterocycles. The van der Waals surface area contributed by atoms with E-state index >= 15 is 0 Å². The molecule has 4 heteroatoms. The van der Waals surface area contributed by atoms with Crippen LogP contribution in [0.25, 0.3) is 0 Å². The third kappa shape index (κ3) is 7.97. The lowest BCUT2D eigenvalue weighted by Gasteiger charge is -2.20. The third-order valence-corrected chi connectivity index (χ3v) is 3.55. The molecule has 4 nitrogen and oxygen atoms in total. The minimum atomic E-state index is -0.330. The number of carbonyl (C=O) groups is 2. The molecule has 1 aliphatic rings. The standard InChI is InChI=1S/C16H26O4/c1-2-3-7-12-19-15(17)10-11-16(18)20-13-14-8-5-4-6-9-14/h2,14H,1,3-13H2. The van der Waals surface area contributed by atoms with Gasteiger partial charge < -0.3 is 9.47 Å². The van der Waals surface area contributed by atoms with Crippen LogP contribution >= 0.6 is 0 Å². The zero-order chi connectivity index (χ0) is 14.6. The van der Waals surface area contributed by atoms with Gasteiger partial charge in [-0.25, -0.2) is 0 Å². The zero-order valence-electron chi connectivity index (χ0n) is 12.3. The van der Waals surface area contributed by atoms with E-state index in [1.54, 1.807) is 6.08 Å². The largest absolute Gasteiger partial charge is 0.466 e. The van der Waals surface area contributed by atoms with Gasteiger partial charge in [0.15, 0.2) is 0 Å². The highest BCUT2D eigenvalue weighted by atomic mass is 16.5. The van der Waals surface area contributed by atoms with Crippen molar-refractivity contribution in [1.82, 2.24) is 0 Å². The van der Waals surface area contributed by atoms with Crippen molar-refractivity contribution in [2.75, 3.05) is 13.2 Å². The molecular weight excluding hydrogens is 256 g/mol. The van der Waals surface area contributed by atoms with Crippen molar-refractivity contribution < 1.29 is 19.1 Å². The fourth-order valence-electron chi connectivity index (χ4n) is 2.33. The van der Waals surface area contributed by atoms with E-state index in [0.29, 0.717) is 19.1 Å². The summed E-state index contributed by atoms with van der Waals surface area (Å²) in [7, 11) is 0. The molecule has 1 aliphatic carbocycles. The Hall–Kier alpha value is -1.32. The first-order valence-corrected chi connectivity index (χ1v) is 7.64. The summed E-state index contributed by atoms with van der Waals surface area (Å²) in [5, 5.41) is 0. The van der Waals surface area contributed by atoms with Crippen molar-refractivity contribution in [3.63, 3.8) is 0 Å². The third-order valence-electron chi connectivity index (χ3n) is 3.55. The van der Waals surface area contributed by atoms with E-state index in [-0.39, 0.29) is 24.8 Å². The molecule has 114 valence electrons. The lowest BCUT2D eigenvalue weighted by atomic mass is 9.90. The minimum absolute atomic E-state index is 0.109. The Morgan fingerprint density at radius 2 is 1.70 bits per heavy atom. The number of esters is 2. The van der Waals surface area contributed by atoms with Crippen LogP contribution in [0.3, 0.4) is 0 Å². The van der Waals surface area contributed by atoms with Gasteiger partial charge in [0.2, 0.25) is 0 Å². The van der Waals surface area contributed by atoms with Gasteiger partial charge in [-0.15, -0.1) is 6.58 Å². The van der Waals surface area contributed by atoms with E-state index < -0.39 is 0 Å². The molecule has 0 unspecified atom stereocenters. The lowest BCUT2D eigenvalue weighted by Crippen LogP contribution is -2.17. The lowest BCUT2D eigenvalue weighted by molar-refractivity contribution is -0.151. The van der Waals surface area contributed by atoms with Crippen LogP contribution in [0, 0.1) is 5.92 Å². The topological polar surface area (TPSA) is 52.6 Å². The maximum absolute atomic E-state index is 11.5. The Bertz CT molecular complexity index is 306. The average Bonchev–Trinajstić information content (AvgIpc) is 2.48. The molecule has 0 saturated heterocycles. The maximum atomic E-state index is 11.5. The summed E-state index contributed by atoms with van der Waals surface area (Å²) in [4.78, 5) is 22.9. The van der Waals surface area contributed by atoms with Crippen LogP contribution in [0.5, 0.6) is 0 Å². The number of allylic oxidation sites excluding steroid dienone is 1. The highest BCUT2D eigenvalue weighted by molar-refractivity contribution is 5.77. The predicted molar refractivity (Wildman–Crippen MR) is 77.2 cm³/mol. The Labute approximate surface area is 121 Å². The Morgan fingerprint density at radius 1 is 1.05 bits per heavy atom. The average molecular weight is 282 g/mol. The second-order valence-corrected chi connectivity index (χ2v) is 5.34. The van der Waals surface area contributed by atoms with Gasteiger partial charge in [0.25, 0.3) is 0 Å². The van der Waals surface area contributed by atoms with Crippen LogP contribution in [0.4, 0.5) is 0 Å². The molecule has 0 aromatic carbocycles. The predicted octanol–water partition coefficient (Wildman–Crippen LogP) is 3.40. The molecule has 0 amide bonds. The molecule has 0 aromatic rings. The van der Waals surface area contributed by atoms with Gasteiger partial charge in [-0.1, -0.05) is 25.3 Å². The van der Waals surface area contributed by atoms with Crippen LogP contribution in [-0.2, 0) is 19.1 Å². The van der Waals surface area contributed by atoms with Crippen LogP contribution < -0.4 is 0 Å². The Balaban J connectivity index is 2.00. The quantitative estimate of drug-likeness (QED) is 0.369. The first-order chi connectivity index (χ1) is 9.72. The van der Waals surface area contributed by atoms with Crippen molar-refractivity contribution in [2.45, 2.75) is 57.8 Å². The van der Waals surface area contributed by atoms with E-state index in [0.717, 1.165) is 25.7 Å². The molecular formula is C16H26O4. The van der Waals surface area contributed by atoms with Gasteiger partial charge in [-0.2, -0.15) is 0 Å². The first kappa shape index (κ1) is 16.7. The second-order valence-electron chi connectivity index (χ2n) is 5.34. The molecule has 0 N–H and O–H groups in total. The summed E-state index contributed by atoms with van der Waals surface area (Å²) in [5.41, 5.74) is 0. The fourth-order valence-corrected chi connectivity index (χ4v) is 2.33. The van der Waals surface area contributed by atoms with E-state index in [1.165, 1.54) is 19.3 Å². The monoisotopic (exact) mass is 282 g/mol. The van der Waals surface area contributed by atoms with Gasteiger partial charge in [-0.3, -0.25) is 9.59 Å². The van der Waals surface area contributed by atoms with Gasteiger partial charge in [-0.05, 0) is 31.6 Å². The molecule has 1 fully saturated rings. The summed E-state index contributed by atoms with van der Waals surface area (Å²) in [6, 6.07) is 0. The summed E-state index contributed by atoms with van der Waals surface area (Å²) in [5.74, 6) is -0.110. The summed E-state index contributed by atoms with van der Waals surface area (Å²) < 4.78 is 10.2. The minimum Gasteiger partial charge on any atom is -0.466 e. The molecule has 1 rings (SSSR count). The van der Waals surface area contributed by atoms with E-state index in [1.807, 2.05) is 0 Å². The number of carbonyl (C=O) groups excluding carboxylic acids is 2. The molecule has 1 saturated carbocycles. The van der Waals surface area contributed by atoms with Crippen LogP contribution in [-0.4, -0.2) is 25.2 Å². The van der Waals surface area contributed by atoms with Crippen molar-refractivity contribution in [2.24, 2.45) is 5.92 Å². The number of unbranched alkanes of at least 4 members (excludes halogenated alkanes) is 1. The number of ether oxygens (including phenoxy) is 2. The van der Waals surface area contributed by atoms with Crippen molar-refractivity contribution >= 4 is 11.9 Å². The first-order valence-electron chi connectivity index (χ1n) is 7.64. The highest BCUT2D eigenvalue weighted by Gasteiger charge is 2.16. The summed E-state index contributed by atoms with van der Waals surface area (Å²) in [6.07, 6.45) is 9.69. The Kier molecular flexibility index (Phi) is 8.76. The molecule has 0 heterocycles. The molecule has 20 heavy (non-hydrogen) atoms. The maximum Gasteiger partial charge on any atom is 0.306 e. The van der Waals surface area contributed by atoms with Gasteiger partial charge in [0.1, 0.15) is 0 Å². The number of hydrogen-bond donors (Lipinski definition) is 0. The van der Waals surface area contributed by atoms with E-state index in [9.17, 15) is 9.59 Å². The van der Waals surface area contributed by atoms with Gasteiger partial charge in [0, 0.05) is 0 Å². The van der Waals surface area contributed by atoms with Crippen LogP contribution in [0.1, 0.15) is 57.8 Å². The zero-order valence-corrected chi connectivity index (χ0v) is 12.3. The molecule has 0 radical (unpaired) electrons. The van der Waals surface area contributed by atoms with Crippen molar-refractivity contribution in [3.05, 3.63) is 12.7 Å². The molecule has 0 spiro atoms. The number of rotatable bonds is 9. The normalized spacial score (nSPS) is 15.6. The molecule has 0 bridgehead atoms. The fraction of sp³-hybridized carbons (Fsp3) is 0.750. The summed E-state index contributed by atoms with van der Waals surface area (Å²) >= 11 is 0. The van der Waals surface area contributed by atoms with Gasteiger partial charge >= 0.3 is 11.9 Å². The van der Waals surface area contributed by atoms with Crippen molar-refractivity contribution in [3.8, 4) is 0 Å². The summed E-state index contributed by atoms with van der Waals surface area (Å²) in [6.45, 7) is 4.49. The molecule has 0 atom stereocenters. The highest BCUT2D eigenvalue weighted by Crippen LogP contribution is 2.23. The SMILES string of the molecule is C=CCCCOC(=O)CCC(=O)OCC1CCCCC1. The van der Waals surface area contributed by atoms with E-state index in [2.05, 4.69) is 6.58 Å². The Morgan fingerprint density at radius 3 is 2.35 bits per heavy atom. The van der Waals surface area contributed by atoms with Crippen LogP contribution in [0.15, 0.2) is 12.7 Å².